The summed E-state index contributed by atoms with van der Waals surface area (Å²) in [5.41, 5.74) is 2.37. The van der Waals surface area contributed by atoms with Crippen LogP contribution in [0, 0.1) is 18.8 Å². The summed E-state index contributed by atoms with van der Waals surface area (Å²) in [5.74, 6) is -0.365. The Balaban J connectivity index is 1.56. The molecule has 3 aliphatic rings. The Hall–Kier alpha value is -2.08. The first-order chi connectivity index (χ1) is 15.9. The standard InChI is InChI=1S/C26H28Cl2N2O3/c1-15-2-7-19(22(28)12-15)20-8-10-26(30-24(31)17-9-11-33-14-17)21(13-29-25(26)32)23(20)16-3-5-18(27)6-4-16/h2-7,12,17,20-21,23H,8-11,13-14H2,1H3,(H,29,32)(H,30,31)/t17?,20-,21-,23-,26-/m0/s1. The van der Waals surface area contributed by atoms with Gasteiger partial charge in [-0.05, 0) is 72.9 Å². The van der Waals surface area contributed by atoms with E-state index in [2.05, 4.69) is 22.8 Å². The van der Waals surface area contributed by atoms with E-state index < -0.39 is 5.54 Å². The van der Waals surface area contributed by atoms with Crippen LogP contribution in [0.4, 0.5) is 0 Å². The minimum Gasteiger partial charge on any atom is -0.381 e. The quantitative estimate of drug-likeness (QED) is 0.663. The molecule has 0 radical (unpaired) electrons. The Morgan fingerprint density at radius 1 is 1.15 bits per heavy atom. The fourth-order valence-electron chi connectivity index (χ4n) is 5.99. The van der Waals surface area contributed by atoms with Gasteiger partial charge in [0.15, 0.2) is 0 Å². The van der Waals surface area contributed by atoms with Gasteiger partial charge in [-0.2, -0.15) is 0 Å². The van der Waals surface area contributed by atoms with Gasteiger partial charge in [0.1, 0.15) is 5.54 Å². The SMILES string of the molecule is Cc1ccc([C@@H]2CC[C@@]3(NC(=O)C4CCOC4)C(=O)NC[C@H]3[C@H]2c2ccc(Cl)cc2)c(Cl)c1. The Kier molecular flexibility index (Phi) is 6.15. The molecule has 1 aliphatic carbocycles. The Morgan fingerprint density at radius 2 is 1.94 bits per heavy atom. The van der Waals surface area contributed by atoms with E-state index >= 15 is 0 Å². The maximum Gasteiger partial charge on any atom is 0.246 e. The lowest BCUT2D eigenvalue weighted by atomic mass is 9.60. The summed E-state index contributed by atoms with van der Waals surface area (Å²) in [6.07, 6.45) is 2.00. The summed E-state index contributed by atoms with van der Waals surface area (Å²) < 4.78 is 5.41. The molecule has 5 nitrogen and oxygen atoms in total. The first-order valence-electron chi connectivity index (χ1n) is 11.6. The lowest BCUT2D eigenvalue weighted by Gasteiger charge is -2.47. The fourth-order valence-corrected chi connectivity index (χ4v) is 6.49. The molecule has 2 saturated heterocycles. The molecule has 0 bridgehead atoms. The summed E-state index contributed by atoms with van der Waals surface area (Å²) in [5, 5.41) is 7.68. The second-order valence-electron chi connectivity index (χ2n) is 9.59. The van der Waals surface area contributed by atoms with Crippen LogP contribution in [0.2, 0.25) is 10.0 Å². The van der Waals surface area contributed by atoms with Gasteiger partial charge in [-0.3, -0.25) is 9.59 Å². The van der Waals surface area contributed by atoms with E-state index in [1.54, 1.807) is 0 Å². The molecule has 2 aliphatic heterocycles. The number of aryl methyl sites for hydroxylation is 1. The minimum absolute atomic E-state index is 0.00435. The van der Waals surface area contributed by atoms with Gasteiger partial charge >= 0.3 is 0 Å². The highest BCUT2D eigenvalue weighted by Gasteiger charge is 2.59. The van der Waals surface area contributed by atoms with Crippen LogP contribution in [0.3, 0.4) is 0 Å². The molecule has 0 spiro atoms. The molecule has 1 saturated carbocycles. The van der Waals surface area contributed by atoms with Gasteiger partial charge in [0.05, 0.1) is 12.5 Å². The first-order valence-corrected chi connectivity index (χ1v) is 12.3. The van der Waals surface area contributed by atoms with Gasteiger partial charge in [0, 0.05) is 29.1 Å². The van der Waals surface area contributed by atoms with Crippen LogP contribution in [0.15, 0.2) is 42.5 Å². The van der Waals surface area contributed by atoms with Gasteiger partial charge in [0.25, 0.3) is 0 Å². The summed E-state index contributed by atoms with van der Waals surface area (Å²) >= 11 is 12.9. The normalized spacial score (nSPS) is 31.2. The molecule has 5 rings (SSSR count). The molecule has 1 unspecified atom stereocenters. The molecule has 2 heterocycles. The number of halogens is 2. The minimum atomic E-state index is -0.933. The molecule has 174 valence electrons. The summed E-state index contributed by atoms with van der Waals surface area (Å²) in [6.45, 7) is 3.53. The van der Waals surface area contributed by atoms with Crippen molar-refractivity contribution < 1.29 is 14.3 Å². The van der Waals surface area contributed by atoms with Crippen LogP contribution in [-0.4, -0.2) is 37.1 Å². The molecule has 2 amide bonds. The van der Waals surface area contributed by atoms with Crippen LogP contribution in [0.25, 0.3) is 0 Å². The average molecular weight is 487 g/mol. The highest BCUT2D eigenvalue weighted by Crippen LogP contribution is 2.54. The Bertz CT molecular complexity index is 1070. The van der Waals surface area contributed by atoms with Crippen molar-refractivity contribution >= 4 is 35.0 Å². The molecular formula is C26H28Cl2N2O3. The van der Waals surface area contributed by atoms with E-state index in [0.29, 0.717) is 37.6 Å². The van der Waals surface area contributed by atoms with Crippen LogP contribution in [-0.2, 0) is 14.3 Å². The van der Waals surface area contributed by atoms with Gasteiger partial charge in [0.2, 0.25) is 11.8 Å². The van der Waals surface area contributed by atoms with E-state index in [0.717, 1.165) is 28.1 Å². The number of hydrogen-bond donors (Lipinski definition) is 2. The molecule has 7 heteroatoms. The van der Waals surface area contributed by atoms with Crippen LogP contribution < -0.4 is 10.6 Å². The zero-order valence-electron chi connectivity index (χ0n) is 18.6. The van der Waals surface area contributed by atoms with E-state index in [1.807, 2.05) is 37.3 Å². The maximum atomic E-state index is 13.3. The zero-order valence-corrected chi connectivity index (χ0v) is 20.1. The fraction of sp³-hybridized carbons (Fsp3) is 0.462. The summed E-state index contributed by atoms with van der Waals surface area (Å²) in [4.78, 5) is 26.4. The number of benzene rings is 2. The largest absolute Gasteiger partial charge is 0.381 e. The van der Waals surface area contributed by atoms with Crippen molar-refractivity contribution in [1.82, 2.24) is 10.6 Å². The number of nitrogens with one attached hydrogen (secondary N) is 2. The number of carbonyl (C=O) groups is 2. The van der Waals surface area contributed by atoms with Crippen molar-refractivity contribution in [2.45, 2.75) is 43.6 Å². The van der Waals surface area contributed by atoms with Gasteiger partial charge in [-0.15, -0.1) is 0 Å². The van der Waals surface area contributed by atoms with E-state index in [4.69, 9.17) is 27.9 Å². The maximum absolute atomic E-state index is 13.3. The molecule has 2 aromatic rings. The lowest BCUT2D eigenvalue weighted by molar-refractivity contribution is -0.136. The number of rotatable bonds is 4. The molecule has 0 aromatic heterocycles. The molecule has 2 aromatic carbocycles. The Labute approximate surface area is 204 Å². The summed E-state index contributed by atoms with van der Waals surface area (Å²) in [7, 11) is 0. The third kappa shape index (κ3) is 4.05. The molecule has 3 fully saturated rings. The molecule has 5 atom stereocenters. The first kappa shape index (κ1) is 22.7. The highest BCUT2D eigenvalue weighted by molar-refractivity contribution is 6.31. The average Bonchev–Trinajstić information content (AvgIpc) is 3.44. The monoisotopic (exact) mass is 486 g/mol. The predicted molar refractivity (Wildman–Crippen MR) is 129 cm³/mol. The highest BCUT2D eigenvalue weighted by atomic mass is 35.5. The van der Waals surface area contributed by atoms with Crippen LogP contribution in [0.5, 0.6) is 0 Å². The van der Waals surface area contributed by atoms with E-state index in [9.17, 15) is 9.59 Å². The van der Waals surface area contributed by atoms with E-state index in [-0.39, 0.29) is 35.5 Å². The number of carbonyl (C=O) groups excluding carboxylic acids is 2. The number of fused-ring (bicyclic) bond motifs is 1. The third-order valence-electron chi connectivity index (χ3n) is 7.69. The molecular weight excluding hydrogens is 459 g/mol. The van der Waals surface area contributed by atoms with Gasteiger partial charge in [-0.25, -0.2) is 0 Å². The van der Waals surface area contributed by atoms with Crippen LogP contribution in [0.1, 0.15) is 47.8 Å². The second-order valence-corrected chi connectivity index (χ2v) is 10.4. The molecule has 2 N–H and O–H groups in total. The van der Waals surface area contributed by atoms with Crippen molar-refractivity contribution in [3.05, 3.63) is 69.2 Å². The zero-order chi connectivity index (χ0) is 23.2. The van der Waals surface area contributed by atoms with Crippen LogP contribution >= 0.6 is 23.2 Å². The lowest BCUT2D eigenvalue weighted by Crippen LogP contribution is -2.61. The van der Waals surface area contributed by atoms with Crippen molar-refractivity contribution in [3.8, 4) is 0 Å². The molecule has 33 heavy (non-hydrogen) atoms. The van der Waals surface area contributed by atoms with Crippen molar-refractivity contribution in [1.29, 1.82) is 0 Å². The smallest absolute Gasteiger partial charge is 0.246 e. The third-order valence-corrected chi connectivity index (χ3v) is 8.27. The Morgan fingerprint density at radius 3 is 2.64 bits per heavy atom. The summed E-state index contributed by atoms with van der Waals surface area (Å²) in [6, 6.07) is 14.0. The van der Waals surface area contributed by atoms with Gasteiger partial charge in [-0.1, -0.05) is 47.5 Å². The number of hydrogen-bond acceptors (Lipinski definition) is 3. The van der Waals surface area contributed by atoms with Gasteiger partial charge < -0.3 is 15.4 Å². The van der Waals surface area contributed by atoms with Crippen molar-refractivity contribution in [3.63, 3.8) is 0 Å². The van der Waals surface area contributed by atoms with Crippen molar-refractivity contribution in [2.75, 3.05) is 19.8 Å². The number of amides is 2. The predicted octanol–water partition coefficient (Wildman–Crippen LogP) is 4.60. The van der Waals surface area contributed by atoms with E-state index in [1.165, 1.54) is 0 Å². The van der Waals surface area contributed by atoms with Crippen molar-refractivity contribution in [2.24, 2.45) is 11.8 Å². The second kappa shape index (κ2) is 8.94. The topological polar surface area (TPSA) is 67.4 Å². The number of ether oxygens (including phenoxy) is 1.